The molecule has 1 aromatic carbocycles. The van der Waals surface area contributed by atoms with Gasteiger partial charge >= 0.3 is 0 Å². The molecular weight excluding hydrogens is 242 g/mol. The average molecular weight is 265 g/mol. The van der Waals surface area contributed by atoms with Gasteiger partial charge in [-0.05, 0) is 30.5 Å². The van der Waals surface area contributed by atoms with E-state index in [9.17, 15) is 5.11 Å². The Balaban J connectivity index is 1.91. The summed E-state index contributed by atoms with van der Waals surface area (Å²) in [4.78, 5) is 0. The molecule has 3 unspecified atom stereocenters. The standard InChI is InChI=1S/C15H23NO3/c1-4-10(2)13(17)8-16-11(3)12-5-6-14-15(7-12)19-9-18-14/h5-7,10-11,13,16-17H,4,8-9H2,1-3H3. The van der Waals surface area contributed by atoms with Gasteiger partial charge in [0.1, 0.15) is 0 Å². The highest BCUT2D eigenvalue weighted by molar-refractivity contribution is 5.45. The van der Waals surface area contributed by atoms with E-state index in [1.165, 1.54) is 0 Å². The van der Waals surface area contributed by atoms with Crippen molar-refractivity contribution in [3.05, 3.63) is 23.8 Å². The van der Waals surface area contributed by atoms with Crippen LogP contribution in [0.4, 0.5) is 0 Å². The largest absolute Gasteiger partial charge is 0.454 e. The summed E-state index contributed by atoms with van der Waals surface area (Å²) < 4.78 is 10.7. The van der Waals surface area contributed by atoms with Gasteiger partial charge in [-0.1, -0.05) is 26.3 Å². The van der Waals surface area contributed by atoms with Crippen molar-refractivity contribution in [2.75, 3.05) is 13.3 Å². The van der Waals surface area contributed by atoms with Gasteiger partial charge in [0.05, 0.1) is 6.10 Å². The van der Waals surface area contributed by atoms with E-state index in [0.717, 1.165) is 23.5 Å². The third kappa shape index (κ3) is 3.39. The zero-order valence-corrected chi connectivity index (χ0v) is 11.8. The molecule has 4 nitrogen and oxygen atoms in total. The highest BCUT2D eigenvalue weighted by atomic mass is 16.7. The van der Waals surface area contributed by atoms with Crippen LogP contribution in [-0.2, 0) is 0 Å². The van der Waals surface area contributed by atoms with Crippen LogP contribution in [0, 0.1) is 5.92 Å². The van der Waals surface area contributed by atoms with Gasteiger partial charge in [-0.15, -0.1) is 0 Å². The summed E-state index contributed by atoms with van der Waals surface area (Å²) in [5.74, 6) is 1.92. The zero-order chi connectivity index (χ0) is 13.8. The first-order valence-electron chi connectivity index (χ1n) is 6.92. The fourth-order valence-electron chi connectivity index (χ4n) is 2.07. The molecule has 1 aliphatic rings. The van der Waals surface area contributed by atoms with Crippen LogP contribution < -0.4 is 14.8 Å². The van der Waals surface area contributed by atoms with Gasteiger partial charge in [0, 0.05) is 12.6 Å². The van der Waals surface area contributed by atoms with Crippen LogP contribution in [0.2, 0.25) is 0 Å². The number of rotatable bonds is 6. The van der Waals surface area contributed by atoms with Crippen LogP contribution in [0.1, 0.15) is 38.8 Å². The monoisotopic (exact) mass is 265 g/mol. The predicted molar refractivity (Wildman–Crippen MR) is 74.4 cm³/mol. The van der Waals surface area contributed by atoms with E-state index in [4.69, 9.17) is 9.47 Å². The first kappa shape index (κ1) is 14.2. The van der Waals surface area contributed by atoms with E-state index in [2.05, 4.69) is 26.1 Å². The van der Waals surface area contributed by atoms with Crippen LogP contribution >= 0.6 is 0 Å². The van der Waals surface area contributed by atoms with Gasteiger partial charge in [-0.3, -0.25) is 0 Å². The first-order valence-corrected chi connectivity index (χ1v) is 6.92. The Kier molecular flexibility index (Phi) is 4.66. The Morgan fingerprint density at radius 1 is 1.26 bits per heavy atom. The lowest BCUT2D eigenvalue weighted by molar-refractivity contribution is 0.110. The third-order valence-electron chi connectivity index (χ3n) is 3.83. The number of fused-ring (bicyclic) bond motifs is 1. The molecule has 1 aromatic rings. The SMILES string of the molecule is CCC(C)C(O)CNC(C)c1ccc2c(c1)OCO2. The summed E-state index contributed by atoms with van der Waals surface area (Å²) in [5, 5.41) is 13.3. The highest BCUT2D eigenvalue weighted by Crippen LogP contribution is 2.34. The van der Waals surface area contributed by atoms with Gasteiger partial charge in [-0.2, -0.15) is 0 Å². The summed E-state index contributed by atoms with van der Waals surface area (Å²) in [5.41, 5.74) is 1.14. The maximum absolute atomic E-state index is 9.96. The summed E-state index contributed by atoms with van der Waals surface area (Å²) in [6.07, 6.45) is 0.683. The van der Waals surface area contributed by atoms with Crippen LogP contribution in [0.15, 0.2) is 18.2 Å². The molecule has 0 aromatic heterocycles. The van der Waals surface area contributed by atoms with Crippen molar-refractivity contribution in [2.45, 2.75) is 39.3 Å². The summed E-state index contributed by atoms with van der Waals surface area (Å²) >= 11 is 0. The summed E-state index contributed by atoms with van der Waals surface area (Å²) in [7, 11) is 0. The quantitative estimate of drug-likeness (QED) is 0.829. The van der Waals surface area contributed by atoms with Crippen molar-refractivity contribution >= 4 is 0 Å². The molecule has 3 atom stereocenters. The lowest BCUT2D eigenvalue weighted by atomic mass is 10.0. The second-order valence-corrected chi connectivity index (χ2v) is 5.20. The van der Waals surface area contributed by atoms with Crippen LogP contribution in [0.5, 0.6) is 11.5 Å². The van der Waals surface area contributed by atoms with E-state index in [0.29, 0.717) is 19.3 Å². The molecule has 106 valence electrons. The van der Waals surface area contributed by atoms with Crippen LogP contribution in [0.3, 0.4) is 0 Å². The molecule has 4 heteroatoms. The Bertz CT molecular complexity index is 422. The highest BCUT2D eigenvalue weighted by Gasteiger charge is 2.17. The van der Waals surface area contributed by atoms with E-state index in [1.54, 1.807) is 0 Å². The number of nitrogens with one attached hydrogen (secondary N) is 1. The molecule has 0 fully saturated rings. The molecule has 0 saturated heterocycles. The first-order chi connectivity index (χ1) is 9.11. The van der Waals surface area contributed by atoms with Gasteiger partial charge in [0.15, 0.2) is 11.5 Å². The van der Waals surface area contributed by atoms with E-state index < -0.39 is 0 Å². The Hall–Kier alpha value is -1.26. The number of benzene rings is 1. The van der Waals surface area contributed by atoms with Gasteiger partial charge < -0.3 is 19.9 Å². The van der Waals surface area contributed by atoms with Gasteiger partial charge in [0.25, 0.3) is 0 Å². The Labute approximate surface area is 114 Å². The van der Waals surface area contributed by atoms with E-state index in [-0.39, 0.29) is 12.1 Å². The molecular formula is C15H23NO3. The van der Waals surface area contributed by atoms with Crippen molar-refractivity contribution in [1.82, 2.24) is 5.32 Å². The van der Waals surface area contributed by atoms with Crippen molar-refractivity contribution in [3.63, 3.8) is 0 Å². The maximum atomic E-state index is 9.96. The molecule has 2 rings (SSSR count). The van der Waals surface area contributed by atoms with Crippen molar-refractivity contribution in [2.24, 2.45) is 5.92 Å². The average Bonchev–Trinajstić information content (AvgIpc) is 2.90. The molecule has 1 heterocycles. The summed E-state index contributed by atoms with van der Waals surface area (Å²) in [6, 6.07) is 6.13. The van der Waals surface area contributed by atoms with Crippen molar-refractivity contribution < 1.29 is 14.6 Å². The minimum absolute atomic E-state index is 0.174. The Morgan fingerprint density at radius 2 is 2.00 bits per heavy atom. The number of aliphatic hydroxyl groups is 1. The number of ether oxygens (including phenoxy) is 2. The molecule has 0 radical (unpaired) electrons. The van der Waals surface area contributed by atoms with E-state index in [1.807, 2.05) is 18.2 Å². The van der Waals surface area contributed by atoms with Gasteiger partial charge in [-0.25, -0.2) is 0 Å². The van der Waals surface area contributed by atoms with Crippen molar-refractivity contribution in [1.29, 1.82) is 0 Å². The van der Waals surface area contributed by atoms with Crippen LogP contribution in [-0.4, -0.2) is 24.5 Å². The fraction of sp³-hybridized carbons (Fsp3) is 0.600. The van der Waals surface area contributed by atoms with E-state index >= 15 is 0 Å². The second kappa shape index (κ2) is 6.26. The molecule has 0 spiro atoms. The lowest BCUT2D eigenvalue weighted by Crippen LogP contribution is -2.33. The predicted octanol–water partition coefficient (Wildman–Crippen LogP) is 2.47. The molecule has 0 aliphatic carbocycles. The van der Waals surface area contributed by atoms with Crippen LogP contribution in [0.25, 0.3) is 0 Å². The number of hydrogen-bond donors (Lipinski definition) is 2. The minimum atomic E-state index is -0.304. The fourth-order valence-corrected chi connectivity index (χ4v) is 2.07. The topological polar surface area (TPSA) is 50.7 Å². The molecule has 2 N–H and O–H groups in total. The lowest BCUT2D eigenvalue weighted by Gasteiger charge is -2.21. The summed E-state index contributed by atoms with van der Waals surface area (Å²) in [6.45, 7) is 7.14. The van der Waals surface area contributed by atoms with Crippen molar-refractivity contribution in [3.8, 4) is 11.5 Å². The molecule has 19 heavy (non-hydrogen) atoms. The third-order valence-corrected chi connectivity index (χ3v) is 3.83. The number of aliphatic hydroxyl groups excluding tert-OH is 1. The molecule has 0 bridgehead atoms. The number of hydrogen-bond acceptors (Lipinski definition) is 4. The molecule has 0 amide bonds. The zero-order valence-electron chi connectivity index (χ0n) is 11.8. The molecule has 0 saturated carbocycles. The smallest absolute Gasteiger partial charge is 0.231 e. The normalized spacial score (nSPS) is 18.1. The second-order valence-electron chi connectivity index (χ2n) is 5.20. The molecule has 1 aliphatic heterocycles. The Morgan fingerprint density at radius 3 is 2.74 bits per heavy atom. The van der Waals surface area contributed by atoms with Gasteiger partial charge in [0.2, 0.25) is 6.79 Å². The minimum Gasteiger partial charge on any atom is -0.454 e. The maximum Gasteiger partial charge on any atom is 0.231 e.